The van der Waals surface area contributed by atoms with Crippen molar-refractivity contribution in [3.8, 4) is 0 Å². The van der Waals surface area contributed by atoms with Gasteiger partial charge in [-0.3, -0.25) is 4.68 Å². The summed E-state index contributed by atoms with van der Waals surface area (Å²) in [5.74, 6) is -1.43. The molecule has 0 spiro atoms. The Morgan fingerprint density at radius 3 is 2.69 bits per heavy atom. The first-order valence-corrected chi connectivity index (χ1v) is 8.82. The number of hydrogen-bond donors (Lipinski definition) is 0. The van der Waals surface area contributed by atoms with Crippen molar-refractivity contribution in [3.63, 3.8) is 0 Å². The third-order valence-corrected chi connectivity index (χ3v) is 5.48. The summed E-state index contributed by atoms with van der Waals surface area (Å²) in [6, 6.07) is 7.76. The molecule has 1 aliphatic rings. The van der Waals surface area contributed by atoms with Crippen LogP contribution in [-0.2, 0) is 17.9 Å². The monoisotopic (exact) mass is 377 g/mol. The van der Waals surface area contributed by atoms with Gasteiger partial charge >= 0.3 is 0 Å². The second-order valence-electron chi connectivity index (χ2n) is 5.92. The number of hydrogen-bond acceptors (Lipinski definition) is 4. The van der Waals surface area contributed by atoms with Crippen LogP contribution in [0.2, 0.25) is 0 Å². The van der Waals surface area contributed by atoms with Crippen LogP contribution in [0.3, 0.4) is 0 Å². The van der Waals surface area contributed by atoms with Crippen molar-refractivity contribution >= 4 is 11.8 Å². The number of rotatable bonds is 5. The molecule has 0 bridgehead atoms. The Morgan fingerprint density at radius 1 is 1.08 bits per heavy atom. The van der Waals surface area contributed by atoms with Crippen molar-refractivity contribution < 1.29 is 17.9 Å². The minimum Gasteiger partial charge on any atom is -0.367 e. The summed E-state index contributed by atoms with van der Waals surface area (Å²) in [6.07, 6.45) is 2.55. The molecule has 0 radical (unpaired) electrons. The van der Waals surface area contributed by atoms with E-state index in [1.54, 1.807) is 28.8 Å². The fraction of sp³-hybridized carbons (Fsp3) is 0.222. The lowest BCUT2D eigenvalue weighted by Gasteiger charge is -2.20. The predicted molar refractivity (Wildman–Crippen MR) is 90.0 cm³/mol. The molecule has 3 aromatic rings. The molecule has 2 aromatic carbocycles. The molecule has 0 saturated heterocycles. The van der Waals surface area contributed by atoms with Gasteiger partial charge in [0.1, 0.15) is 30.1 Å². The van der Waals surface area contributed by atoms with E-state index in [9.17, 15) is 13.2 Å². The lowest BCUT2D eigenvalue weighted by atomic mass is 10.1. The fourth-order valence-electron chi connectivity index (χ4n) is 2.95. The third kappa shape index (κ3) is 3.47. The maximum absolute atomic E-state index is 13.9. The second-order valence-corrected chi connectivity index (χ2v) is 7.20. The largest absolute Gasteiger partial charge is 0.367 e. The average molecular weight is 377 g/mol. The second kappa shape index (κ2) is 7.13. The first-order chi connectivity index (χ1) is 12.6. The van der Waals surface area contributed by atoms with Crippen LogP contribution in [-0.4, -0.2) is 20.0 Å². The molecule has 134 valence electrons. The van der Waals surface area contributed by atoms with Gasteiger partial charge in [-0.2, -0.15) is 5.10 Å². The van der Waals surface area contributed by atoms with E-state index in [1.165, 1.54) is 18.5 Å². The van der Waals surface area contributed by atoms with Crippen LogP contribution < -0.4 is 0 Å². The molecule has 0 N–H and O–H groups in total. The summed E-state index contributed by atoms with van der Waals surface area (Å²) < 4.78 is 48.5. The zero-order valence-electron chi connectivity index (χ0n) is 13.5. The van der Waals surface area contributed by atoms with E-state index in [-0.39, 0.29) is 23.2 Å². The molecule has 4 nitrogen and oxygen atoms in total. The highest BCUT2D eigenvalue weighted by molar-refractivity contribution is 8.00. The van der Waals surface area contributed by atoms with Crippen LogP contribution in [0.25, 0.3) is 0 Å². The zero-order valence-corrected chi connectivity index (χ0v) is 14.3. The minimum absolute atomic E-state index is 0.0925. The smallest absolute Gasteiger partial charge is 0.137 e. The van der Waals surface area contributed by atoms with Gasteiger partial charge in [0.2, 0.25) is 0 Å². The summed E-state index contributed by atoms with van der Waals surface area (Å²) >= 11 is 1.55. The van der Waals surface area contributed by atoms with Gasteiger partial charge in [0.15, 0.2) is 0 Å². The van der Waals surface area contributed by atoms with E-state index in [1.807, 2.05) is 0 Å². The maximum Gasteiger partial charge on any atom is 0.137 e. The van der Waals surface area contributed by atoms with E-state index in [2.05, 4.69) is 10.1 Å². The van der Waals surface area contributed by atoms with Crippen LogP contribution in [0, 0.1) is 17.5 Å². The van der Waals surface area contributed by atoms with Crippen molar-refractivity contribution in [2.45, 2.75) is 29.4 Å². The average Bonchev–Trinajstić information content (AvgIpc) is 3.24. The lowest BCUT2D eigenvalue weighted by molar-refractivity contribution is 0.0343. The van der Waals surface area contributed by atoms with Crippen LogP contribution in [0.5, 0.6) is 0 Å². The van der Waals surface area contributed by atoms with Crippen molar-refractivity contribution in [1.29, 1.82) is 0 Å². The Labute approximate surface area is 152 Å². The molecule has 26 heavy (non-hydrogen) atoms. The molecule has 8 heteroatoms. The Morgan fingerprint density at radius 2 is 1.88 bits per heavy atom. The topological polar surface area (TPSA) is 39.9 Å². The normalized spacial score (nSPS) is 18.9. The number of aromatic nitrogens is 3. The zero-order chi connectivity index (χ0) is 18.1. The van der Waals surface area contributed by atoms with Crippen LogP contribution in [0.15, 0.2) is 53.9 Å². The molecule has 0 fully saturated rings. The van der Waals surface area contributed by atoms with Crippen molar-refractivity contribution in [2.24, 2.45) is 0 Å². The van der Waals surface area contributed by atoms with E-state index < -0.39 is 17.7 Å². The summed E-state index contributed by atoms with van der Waals surface area (Å²) in [7, 11) is 0. The highest BCUT2D eigenvalue weighted by Gasteiger charge is 2.35. The predicted octanol–water partition coefficient (Wildman–Crippen LogP) is 4.13. The molecule has 0 amide bonds. The summed E-state index contributed by atoms with van der Waals surface area (Å²) in [4.78, 5) is 4.82. The fourth-order valence-corrected chi connectivity index (χ4v) is 4.31. The Hall–Kier alpha value is -2.32. The summed E-state index contributed by atoms with van der Waals surface area (Å²) in [6.45, 7) is 0.385. The molecule has 2 atom stereocenters. The summed E-state index contributed by atoms with van der Waals surface area (Å²) in [5.41, 5.74) is 0.830. The Kier molecular flexibility index (Phi) is 4.69. The number of thioether (sulfide) groups is 1. The molecule has 0 aliphatic carbocycles. The molecule has 0 unspecified atom stereocenters. The minimum atomic E-state index is -0.538. The number of benzene rings is 2. The molecule has 0 saturated carbocycles. The molecule has 1 aromatic heterocycles. The SMILES string of the molecule is Fc1ccc(F)c(CO[C@H]2c3cc(F)ccc3S[C@H]2Cn2cncn2)c1. The van der Waals surface area contributed by atoms with Gasteiger partial charge in [-0.1, -0.05) is 0 Å². The van der Waals surface area contributed by atoms with Crippen LogP contribution >= 0.6 is 11.8 Å². The van der Waals surface area contributed by atoms with Gasteiger partial charge in [-0.15, -0.1) is 11.8 Å². The number of nitrogens with zero attached hydrogens (tertiary/aromatic N) is 3. The van der Waals surface area contributed by atoms with E-state index in [0.29, 0.717) is 12.1 Å². The molecule has 4 rings (SSSR count). The highest BCUT2D eigenvalue weighted by atomic mass is 32.2. The van der Waals surface area contributed by atoms with E-state index in [4.69, 9.17) is 4.74 Å². The maximum atomic E-state index is 13.9. The quantitative estimate of drug-likeness (QED) is 0.670. The van der Waals surface area contributed by atoms with Gasteiger partial charge in [0, 0.05) is 10.5 Å². The molecule has 1 aliphatic heterocycles. The van der Waals surface area contributed by atoms with E-state index >= 15 is 0 Å². The summed E-state index contributed by atoms with van der Waals surface area (Å²) in [5, 5.41) is 4.00. The van der Waals surface area contributed by atoms with Gasteiger partial charge < -0.3 is 4.74 Å². The van der Waals surface area contributed by atoms with E-state index in [0.717, 1.165) is 23.1 Å². The molecule has 2 heterocycles. The van der Waals surface area contributed by atoms with Gasteiger partial charge in [-0.05, 0) is 42.0 Å². The highest BCUT2D eigenvalue weighted by Crippen LogP contribution is 2.47. The van der Waals surface area contributed by atoms with Gasteiger partial charge in [0.25, 0.3) is 0 Å². The van der Waals surface area contributed by atoms with Gasteiger partial charge in [-0.25, -0.2) is 18.2 Å². The number of halogens is 3. The van der Waals surface area contributed by atoms with Crippen molar-refractivity contribution in [2.75, 3.05) is 0 Å². The van der Waals surface area contributed by atoms with Gasteiger partial charge in [0.05, 0.1) is 24.5 Å². The molecular weight excluding hydrogens is 363 g/mol. The Balaban J connectivity index is 1.59. The van der Waals surface area contributed by atoms with Crippen LogP contribution in [0.4, 0.5) is 13.2 Å². The van der Waals surface area contributed by atoms with Crippen molar-refractivity contribution in [3.05, 3.63) is 77.6 Å². The van der Waals surface area contributed by atoms with Crippen LogP contribution in [0.1, 0.15) is 17.2 Å². The first kappa shape index (κ1) is 17.1. The third-order valence-electron chi connectivity index (χ3n) is 4.15. The molecular formula is C18H14F3N3OS. The number of fused-ring (bicyclic) bond motifs is 1. The number of ether oxygens (including phenoxy) is 1. The lowest BCUT2D eigenvalue weighted by Crippen LogP contribution is -2.20. The van der Waals surface area contributed by atoms with Crippen molar-refractivity contribution in [1.82, 2.24) is 14.8 Å². The standard InChI is InChI=1S/C18H14F3N3OS/c19-12-1-3-15(21)11(5-12)8-25-18-14-6-13(20)2-4-16(14)26-17(18)7-24-10-22-9-23-24/h1-6,9-10,17-18H,7-8H2/t17-,18-/m0/s1. The first-order valence-electron chi connectivity index (χ1n) is 7.94. The Bertz CT molecular complexity index is 920.